The summed E-state index contributed by atoms with van der Waals surface area (Å²) in [5.41, 5.74) is 11.0. The molecule has 0 saturated heterocycles. The van der Waals surface area contributed by atoms with E-state index in [9.17, 15) is 29.1 Å². The maximum Gasteiger partial charge on any atom is 0.326 e. The Morgan fingerprint density at radius 2 is 1.69 bits per heavy atom. The molecule has 13 heteroatoms. The Hall–Kier alpha value is -3.48. The first kappa shape index (κ1) is 26.6. The molecule has 4 amide bonds. The summed E-state index contributed by atoms with van der Waals surface area (Å²) in [6, 6.07) is -3.46. The average Bonchev–Trinajstić information content (AvgIpc) is 3.22. The molecule has 1 aromatic heterocycles. The van der Waals surface area contributed by atoms with Crippen molar-refractivity contribution in [3.63, 3.8) is 0 Å². The third-order valence-electron chi connectivity index (χ3n) is 4.45. The molecule has 0 fully saturated rings. The Morgan fingerprint density at radius 1 is 1.06 bits per heavy atom. The van der Waals surface area contributed by atoms with E-state index in [0.29, 0.717) is 5.69 Å². The molecule has 1 heterocycles. The van der Waals surface area contributed by atoms with Crippen molar-refractivity contribution in [2.24, 2.45) is 17.4 Å². The summed E-state index contributed by atoms with van der Waals surface area (Å²) >= 11 is 0. The lowest BCUT2D eigenvalue weighted by atomic mass is 10.0. The van der Waals surface area contributed by atoms with Gasteiger partial charge in [0.2, 0.25) is 23.6 Å². The molecule has 0 bridgehead atoms. The Kier molecular flexibility index (Phi) is 10.8. The zero-order chi connectivity index (χ0) is 24.3. The van der Waals surface area contributed by atoms with Gasteiger partial charge in [-0.25, -0.2) is 9.78 Å². The molecule has 1 rings (SSSR count). The summed E-state index contributed by atoms with van der Waals surface area (Å²) < 4.78 is 0. The SMILES string of the molecule is CC(C)CC(NC(=O)C(Cc1cnc[nH]1)NC(=O)CN)C(=O)NC(CCC(N)=O)C(=O)O. The van der Waals surface area contributed by atoms with Gasteiger partial charge in [0, 0.05) is 24.7 Å². The second-order valence-electron chi connectivity index (χ2n) is 7.70. The lowest BCUT2D eigenvalue weighted by Gasteiger charge is -2.25. The average molecular weight is 454 g/mol. The van der Waals surface area contributed by atoms with E-state index in [1.807, 2.05) is 13.8 Å². The molecule has 0 saturated carbocycles. The molecule has 0 aliphatic heterocycles. The van der Waals surface area contributed by atoms with E-state index in [-0.39, 0.29) is 38.1 Å². The van der Waals surface area contributed by atoms with E-state index in [1.54, 1.807) is 0 Å². The number of nitrogens with two attached hydrogens (primary N) is 2. The van der Waals surface area contributed by atoms with Crippen molar-refractivity contribution in [1.82, 2.24) is 25.9 Å². The van der Waals surface area contributed by atoms with Gasteiger partial charge in [-0.1, -0.05) is 13.8 Å². The first-order chi connectivity index (χ1) is 15.0. The van der Waals surface area contributed by atoms with Crippen LogP contribution in [0.5, 0.6) is 0 Å². The third-order valence-corrected chi connectivity index (χ3v) is 4.45. The summed E-state index contributed by atoms with van der Waals surface area (Å²) in [7, 11) is 0. The monoisotopic (exact) mass is 453 g/mol. The number of aromatic nitrogens is 2. The highest BCUT2D eigenvalue weighted by molar-refractivity contribution is 5.93. The number of carboxylic acids is 1. The van der Waals surface area contributed by atoms with Gasteiger partial charge in [-0.3, -0.25) is 19.2 Å². The van der Waals surface area contributed by atoms with E-state index in [4.69, 9.17) is 11.5 Å². The number of nitrogens with zero attached hydrogens (tertiary/aromatic N) is 1. The smallest absolute Gasteiger partial charge is 0.326 e. The number of primary amides is 1. The molecule has 0 aromatic carbocycles. The number of amides is 4. The number of H-pyrrole nitrogens is 1. The van der Waals surface area contributed by atoms with Crippen LogP contribution in [0.25, 0.3) is 0 Å². The van der Waals surface area contributed by atoms with Crippen LogP contribution in [0, 0.1) is 5.92 Å². The zero-order valence-corrected chi connectivity index (χ0v) is 18.1. The second-order valence-corrected chi connectivity index (χ2v) is 7.70. The van der Waals surface area contributed by atoms with Crippen LogP contribution in [0.4, 0.5) is 0 Å². The van der Waals surface area contributed by atoms with Crippen molar-refractivity contribution in [2.45, 2.75) is 57.7 Å². The first-order valence-electron chi connectivity index (χ1n) is 10.1. The Balaban J connectivity index is 2.96. The van der Waals surface area contributed by atoms with E-state index in [0.717, 1.165) is 0 Å². The van der Waals surface area contributed by atoms with Gasteiger partial charge in [-0.15, -0.1) is 0 Å². The molecule has 0 spiro atoms. The van der Waals surface area contributed by atoms with Gasteiger partial charge in [0.25, 0.3) is 0 Å². The van der Waals surface area contributed by atoms with Crippen LogP contribution in [0.3, 0.4) is 0 Å². The van der Waals surface area contributed by atoms with Crippen LogP contribution >= 0.6 is 0 Å². The molecule has 3 atom stereocenters. The van der Waals surface area contributed by atoms with Gasteiger partial charge < -0.3 is 37.5 Å². The number of carbonyl (C=O) groups is 5. The van der Waals surface area contributed by atoms with Crippen LogP contribution in [0.1, 0.15) is 38.8 Å². The Bertz CT molecular complexity index is 796. The topological polar surface area (TPSA) is 222 Å². The molecule has 178 valence electrons. The number of hydrogen-bond acceptors (Lipinski definition) is 7. The summed E-state index contributed by atoms with van der Waals surface area (Å²) in [5.74, 6) is -3.99. The fraction of sp³-hybridized carbons (Fsp3) is 0.579. The predicted octanol–water partition coefficient (Wildman–Crippen LogP) is -2.24. The minimum Gasteiger partial charge on any atom is -0.480 e. The van der Waals surface area contributed by atoms with Crippen molar-refractivity contribution in [2.75, 3.05) is 6.54 Å². The van der Waals surface area contributed by atoms with Crippen LogP contribution < -0.4 is 27.4 Å². The van der Waals surface area contributed by atoms with Gasteiger partial charge in [0.15, 0.2) is 0 Å². The van der Waals surface area contributed by atoms with E-state index < -0.39 is 47.7 Å². The van der Waals surface area contributed by atoms with Crippen molar-refractivity contribution in [3.05, 3.63) is 18.2 Å². The molecule has 3 unspecified atom stereocenters. The lowest BCUT2D eigenvalue weighted by Crippen LogP contribution is -2.57. The van der Waals surface area contributed by atoms with Crippen LogP contribution in [0.2, 0.25) is 0 Å². The normalized spacial score (nSPS) is 13.6. The number of carboxylic acid groups (broad SMARTS) is 1. The standard InChI is InChI=1S/C19H31N7O6/c1-10(2)5-13(17(29)25-12(19(31)32)3-4-15(21)27)26-18(30)14(24-16(28)7-20)6-11-8-22-9-23-11/h8-10,12-14H,3-7,20H2,1-2H3,(H2,21,27)(H,22,23)(H,24,28)(H,25,29)(H,26,30)(H,31,32). The lowest BCUT2D eigenvalue weighted by molar-refractivity contribution is -0.142. The number of aromatic amines is 1. The maximum atomic E-state index is 12.9. The minimum absolute atomic E-state index is 0.0235. The van der Waals surface area contributed by atoms with Crippen molar-refractivity contribution < 1.29 is 29.1 Å². The zero-order valence-electron chi connectivity index (χ0n) is 18.1. The van der Waals surface area contributed by atoms with Crippen LogP contribution in [0.15, 0.2) is 12.5 Å². The second kappa shape index (κ2) is 13.0. The van der Waals surface area contributed by atoms with Crippen molar-refractivity contribution in [3.8, 4) is 0 Å². The number of imidazole rings is 1. The van der Waals surface area contributed by atoms with Crippen LogP contribution in [-0.4, -0.2) is 69.3 Å². The number of hydrogen-bond donors (Lipinski definition) is 7. The number of rotatable bonds is 14. The highest BCUT2D eigenvalue weighted by atomic mass is 16.4. The molecule has 13 nitrogen and oxygen atoms in total. The summed E-state index contributed by atoms with van der Waals surface area (Å²) in [5, 5.41) is 16.7. The molecule has 9 N–H and O–H groups in total. The number of aliphatic carboxylic acids is 1. The summed E-state index contributed by atoms with van der Waals surface area (Å²) in [6.45, 7) is 3.32. The van der Waals surface area contributed by atoms with Gasteiger partial charge >= 0.3 is 5.97 Å². The highest BCUT2D eigenvalue weighted by Crippen LogP contribution is 2.08. The summed E-state index contributed by atoms with van der Waals surface area (Å²) in [4.78, 5) is 66.5. The molecule has 0 radical (unpaired) electrons. The van der Waals surface area contributed by atoms with E-state index in [1.165, 1.54) is 12.5 Å². The van der Waals surface area contributed by atoms with Crippen molar-refractivity contribution >= 4 is 29.6 Å². The predicted molar refractivity (Wildman–Crippen MR) is 113 cm³/mol. The van der Waals surface area contributed by atoms with Gasteiger partial charge in [0.05, 0.1) is 12.9 Å². The van der Waals surface area contributed by atoms with Crippen molar-refractivity contribution in [1.29, 1.82) is 0 Å². The Labute approximate surface area is 185 Å². The van der Waals surface area contributed by atoms with Crippen LogP contribution in [-0.2, 0) is 30.4 Å². The van der Waals surface area contributed by atoms with E-state index in [2.05, 4.69) is 25.9 Å². The molecule has 32 heavy (non-hydrogen) atoms. The molecule has 0 aliphatic rings. The quantitative estimate of drug-likeness (QED) is 0.163. The molecular formula is C19H31N7O6. The third kappa shape index (κ3) is 9.55. The fourth-order valence-electron chi connectivity index (χ4n) is 2.87. The summed E-state index contributed by atoms with van der Waals surface area (Å²) in [6.07, 6.45) is 2.78. The number of carbonyl (C=O) groups excluding carboxylic acids is 4. The molecule has 1 aromatic rings. The maximum absolute atomic E-state index is 12.9. The Morgan fingerprint density at radius 3 is 2.19 bits per heavy atom. The minimum atomic E-state index is -1.35. The fourth-order valence-corrected chi connectivity index (χ4v) is 2.87. The highest BCUT2D eigenvalue weighted by Gasteiger charge is 2.30. The van der Waals surface area contributed by atoms with E-state index >= 15 is 0 Å². The number of nitrogens with one attached hydrogen (secondary N) is 4. The van der Waals surface area contributed by atoms with Gasteiger partial charge in [-0.2, -0.15) is 0 Å². The molecule has 0 aliphatic carbocycles. The van der Waals surface area contributed by atoms with Gasteiger partial charge in [0.1, 0.15) is 18.1 Å². The van der Waals surface area contributed by atoms with Gasteiger partial charge in [-0.05, 0) is 18.8 Å². The first-order valence-corrected chi connectivity index (χ1v) is 10.1. The molecular weight excluding hydrogens is 422 g/mol. The largest absolute Gasteiger partial charge is 0.480 e.